The second kappa shape index (κ2) is 15.6. The molecule has 320 valence electrons. The molecule has 18 nitrogen and oxygen atoms in total. The number of rotatable bonds is 9. The molecule has 7 rings (SSSR count). The van der Waals surface area contributed by atoms with E-state index < -0.39 is 129 Å². The van der Waals surface area contributed by atoms with Crippen LogP contribution in [0.15, 0.2) is 12.2 Å². The molecular formula is C38H60O18. The van der Waals surface area contributed by atoms with Gasteiger partial charge in [-0.15, -0.1) is 0 Å². The molecule has 7 aliphatic rings. The van der Waals surface area contributed by atoms with Crippen molar-refractivity contribution in [3.8, 4) is 0 Å². The van der Waals surface area contributed by atoms with Crippen molar-refractivity contribution in [2.24, 2.45) is 28.1 Å². The van der Waals surface area contributed by atoms with Gasteiger partial charge in [-0.25, -0.2) is 0 Å². The summed E-state index contributed by atoms with van der Waals surface area (Å²) >= 11 is 0. The third-order valence-corrected chi connectivity index (χ3v) is 15.0. The summed E-state index contributed by atoms with van der Waals surface area (Å²) in [6, 6.07) is 0. The summed E-state index contributed by atoms with van der Waals surface area (Å²) in [6.07, 6.45) is -17.8. The molecule has 0 aromatic carbocycles. The number of hydrogen-bond donors (Lipinski definition) is 11. The highest BCUT2D eigenvalue weighted by molar-refractivity contribution is 5.77. The van der Waals surface area contributed by atoms with Crippen LogP contribution in [0.1, 0.15) is 71.6 Å². The minimum atomic E-state index is -1.81. The predicted octanol–water partition coefficient (Wildman–Crippen LogP) is -2.94. The third kappa shape index (κ3) is 6.69. The first-order chi connectivity index (χ1) is 26.4. The predicted molar refractivity (Wildman–Crippen MR) is 186 cm³/mol. The van der Waals surface area contributed by atoms with Crippen molar-refractivity contribution in [2.45, 2.75) is 169 Å². The van der Waals surface area contributed by atoms with Crippen molar-refractivity contribution < 1.29 is 89.4 Å². The van der Waals surface area contributed by atoms with Gasteiger partial charge in [-0.05, 0) is 86.5 Å². The van der Waals surface area contributed by atoms with E-state index in [0.29, 0.717) is 44.9 Å². The third-order valence-electron chi connectivity index (χ3n) is 15.0. The fourth-order valence-corrected chi connectivity index (χ4v) is 12.0. The number of hydrogen-bond acceptors (Lipinski definition) is 18. The van der Waals surface area contributed by atoms with Gasteiger partial charge in [0.15, 0.2) is 12.6 Å². The van der Waals surface area contributed by atoms with Crippen LogP contribution in [0, 0.1) is 28.1 Å². The number of fused-ring (bicyclic) bond motifs is 3. The summed E-state index contributed by atoms with van der Waals surface area (Å²) in [4.78, 5) is 14.1. The Labute approximate surface area is 324 Å². The Balaban J connectivity index is 1.10. The fourth-order valence-electron chi connectivity index (χ4n) is 12.0. The Morgan fingerprint density at radius 3 is 1.82 bits per heavy atom. The van der Waals surface area contributed by atoms with Gasteiger partial charge < -0.3 is 84.6 Å². The van der Waals surface area contributed by atoms with Crippen molar-refractivity contribution in [3.05, 3.63) is 12.2 Å². The molecule has 0 aromatic rings. The lowest BCUT2D eigenvalue weighted by atomic mass is 9.41. The molecule has 7 fully saturated rings. The van der Waals surface area contributed by atoms with Crippen LogP contribution in [0.25, 0.3) is 0 Å². The van der Waals surface area contributed by atoms with Crippen LogP contribution in [-0.2, 0) is 33.2 Å². The number of esters is 1. The molecule has 3 saturated heterocycles. The van der Waals surface area contributed by atoms with Gasteiger partial charge in [-0.1, -0.05) is 19.9 Å². The normalized spacial score (nSPS) is 54.6. The van der Waals surface area contributed by atoms with Crippen molar-refractivity contribution >= 4 is 5.97 Å². The molecule has 3 heterocycles. The Hall–Kier alpha value is -1.43. The fraction of sp³-hybridized carbons (Fsp3) is 0.921. The van der Waals surface area contributed by atoms with E-state index in [9.17, 15) is 61.0 Å². The van der Waals surface area contributed by atoms with E-state index in [1.54, 1.807) is 0 Å². The maximum atomic E-state index is 14.1. The van der Waals surface area contributed by atoms with Crippen molar-refractivity contribution in [2.75, 3.05) is 19.8 Å². The quantitative estimate of drug-likeness (QED) is 0.0631. The highest BCUT2D eigenvalue weighted by Crippen LogP contribution is 2.73. The monoisotopic (exact) mass is 804 g/mol. The van der Waals surface area contributed by atoms with Gasteiger partial charge in [0, 0.05) is 0 Å². The smallest absolute Gasteiger partial charge is 0.314 e. The Morgan fingerprint density at radius 2 is 1.21 bits per heavy atom. The molecule has 1 spiro atoms. The highest BCUT2D eigenvalue weighted by atomic mass is 16.8. The van der Waals surface area contributed by atoms with Crippen molar-refractivity contribution in [1.82, 2.24) is 0 Å². The van der Waals surface area contributed by atoms with E-state index in [1.807, 2.05) is 6.92 Å². The van der Waals surface area contributed by atoms with Gasteiger partial charge >= 0.3 is 5.97 Å². The molecule has 4 saturated carbocycles. The molecule has 0 amide bonds. The molecule has 4 aliphatic carbocycles. The van der Waals surface area contributed by atoms with Crippen LogP contribution in [-0.4, -0.2) is 180 Å². The summed E-state index contributed by atoms with van der Waals surface area (Å²) < 4.78 is 35.6. The largest absolute Gasteiger partial charge is 0.432 e. The van der Waals surface area contributed by atoms with Crippen LogP contribution in [0.5, 0.6) is 0 Å². The van der Waals surface area contributed by atoms with Crippen LogP contribution in [0.2, 0.25) is 0 Å². The molecule has 11 N–H and O–H groups in total. The van der Waals surface area contributed by atoms with Crippen molar-refractivity contribution in [3.63, 3.8) is 0 Å². The number of aliphatic hydroxyl groups is 11. The molecule has 3 aliphatic heterocycles. The minimum absolute atomic E-state index is 0.121. The van der Waals surface area contributed by atoms with Crippen LogP contribution in [0.3, 0.4) is 0 Å². The average molecular weight is 805 g/mol. The maximum Gasteiger partial charge on any atom is 0.314 e. The molecule has 0 aromatic heterocycles. The topological polar surface area (TPSA) is 295 Å². The second-order valence-electron chi connectivity index (χ2n) is 18.0. The zero-order chi connectivity index (χ0) is 40.7. The highest BCUT2D eigenvalue weighted by Gasteiger charge is 2.69. The molecule has 2 bridgehead atoms. The minimum Gasteiger partial charge on any atom is -0.432 e. The standard InChI is InChI=1S/C38H60O18/c1-16-11-37-9-5-20-35(2,7-4-8-36(20,3)34(50)55-32-29(49)26(46)23(43)18(13-40)52-32)21(37)6-10-38(16,15-37)56-33-30(27(47)24(44)19(14-41)53-33)54-31-28(48)25(45)22(42)17(12-39)51-31/h17-33,39-49H,1,4-15H2,2-3H3/t17-,18-,19-,20-,21-,22-,23-,24-,25+,26+,27+,28-,29-,30-,31+,32+,33+,35+,36-,37+,38-/m1/s1. The second-order valence-corrected chi connectivity index (χ2v) is 18.0. The van der Waals surface area contributed by atoms with Crippen LogP contribution >= 0.6 is 0 Å². The van der Waals surface area contributed by atoms with Gasteiger partial charge in [0.1, 0.15) is 73.2 Å². The first kappa shape index (κ1) is 42.7. The maximum absolute atomic E-state index is 14.1. The van der Waals surface area contributed by atoms with E-state index >= 15 is 0 Å². The zero-order valence-electron chi connectivity index (χ0n) is 31.8. The Morgan fingerprint density at radius 1 is 0.679 bits per heavy atom. The summed E-state index contributed by atoms with van der Waals surface area (Å²) in [5.74, 6) is -0.591. The zero-order valence-corrected chi connectivity index (χ0v) is 31.8. The molecular weight excluding hydrogens is 744 g/mol. The molecule has 21 atom stereocenters. The van der Waals surface area contributed by atoms with E-state index in [4.69, 9.17) is 28.4 Å². The first-order valence-corrected chi connectivity index (χ1v) is 19.9. The van der Waals surface area contributed by atoms with Gasteiger partial charge in [-0.2, -0.15) is 0 Å². The summed E-state index contributed by atoms with van der Waals surface area (Å²) in [5.41, 5.74) is -1.80. The Kier molecular flexibility index (Phi) is 11.9. The van der Waals surface area contributed by atoms with Gasteiger partial charge in [0.05, 0.1) is 30.8 Å². The lowest BCUT2D eigenvalue weighted by molar-refractivity contribution is -0.378. The number of carbonyl (C=O) groups is 1. The van der Waals surface area contributed by atoms with Crippen LogP contribution in [0.4, 0.5) is 0 Å². The number of aliphatic hydroxyl groups excluding tert-OH is 11. The number of carbonyl (C=O) groups excluding carboxylic acids is 1. The average Bonchev–Trinajstić information content (AvgIpc) is 3.37. The lowest BCUT2D eigenvalue weighted by Crippen LogP contribution is -2.65. The molecule has 56 heavy (non-hydrogen) atoms. The summed E-state index contributed by atoms with van der Waals surface area (Å²) in [5, 5.41) is 114. The van der Waals surface area contributed by atoms with Gasteiger partial charge in [-0.3, -0.25) is 4.79 Å². The molecule has 18 heteroatoms. The van der Waals surface area contributed by atoms with Crippen LogP contribution < -0.4 is 0 Å². The molecule has 0 radical (unpaired) electrons. The van der Waals surface area contributed by atoms with Gasteiger partial charge in [0.25, 0.3) is 0 Å². The molecule has 0 unspecified atom stereocenters. The van der Waals surface area contributed by atoms with Gasteiger partial charge in [0.2, 0.25) is 6.29 Å². The number of ether oxygens (including phenoxy) is 6. The SMILES string of the molecule is C=C1C[C@]23CC[C@@H]4[C@](C)(CCC[C@@]4(C)C(=O)O[C@@H]4O[C@H](CO)[C@@H](O)[C@H](O)[C@H]4O)[C@H]2CC[C@@]1(O[C@@H]1O[C@H](CO)[C@@H](O)[C@H](O)[C@H]1O[C@@H]1O[C@H](CO)[C@@H](O)[C@H](O)[C@H]1O)C3. The van der Waals surface area contributed by atoms with E-state index in [1.165, 1.54) is 0 Å². The van der Waals surface area contributed by atoms with E-state index in [2.05, 4.69) is 13.5 Å². The lowest BCUT2D eigenvalue weighted by Gasteiger charge is -2.64. The summed E-state index contributed by atoms with van der Waals surface area (Å²) in [7, 11) is 0. The van der Waals surface area contributed by atoms with Crippen molar-refractivity contribution in [1.29, 1.82) is 0 Å². The summed E-state index contributed by atoms with van der Waals surface area (Å²) in [6.45, 7) is 6.52. The van der Waals surface area contributed by atoms with E-state index in [-0.39, 0.29) is 22.7 Å². The van der Waals surface area contributed by atoms with E-state index in [0.717, 1.165) is 18.4 Å². The first-order valence-electron chi connectivity index (χ1n) is 19.9. The Bertz CT molecular complexity index is 1450.